The fraction of sp³-hybridized carbons (Fsp3) is 0.533. The summed E-state index contributed by atoms with van der Waals surface area (Å²) in [5.74, 6) is 0. The molecule has 5 heteroatoms. The van der Waals surface area contributed by atoms with E-state index in [9.17, 15) is 4.79 Å². The maximum Gasteiger partial charge on any atom is 0.407 e. The van der Waals surface area contributed by atoms with E-state index < -0.39 is 5.60 Å². The fourth-order valence-corrected chi connectivity index (χ4v) is 1.61. The van der Waals surface area contributed by atoms with E-state index in [1.54, 1.807) is 0 Å². The van der Waals surface area contributed by atoms with Crippen LogP contribution >= 0.6 is 0 Å². The molecule has 0 unspecified atom stereocenters. The summed E-state index contributed by atoms with van der Waals surface area (Å²) in [4.78, 5) is 11.4. The Morgan fingerprint density at radius 2 is 2.00 bits per heavy atom. The topological polar surface area (TPSA) is 76.4 Å². The molecule has 0 bridgehead atoms. The van der Waals surface area contributed by atoms with Crippen LogP contribution in [0.5, 0.6) is 0 Å². The van der Waals surface area contributed by atoms with Gasteiger partial charge in [-0.3, -0.25) is 0 Å². The van der Waals surface area contributed by atoms with Gasteiger partial charge in [0.1, 0.15) is 5.60 Å². The molecule has 0 saturated carbocycles. The lowest BCUT2D eigenvalue weighted by molar-refractivity contribution is 0.0528. The Labute approximate surface area is 120 Å². The number of carbonyl (C=O) groups is 1. The number of alkyl carbamates (subject to hydrolysis) is 1. The number of ether oxygens (including phenoxy) is 1. The summed E-state index contributed by atoms with van der Waals surface area (Å²) in [6.45, 7) is 8.87. The molecular formula is C15H25N3O2. The lowest BCUT2D eigenvalue weighted by Gasteiger charge is -2.19. The van der Waals surface area contributed by atoms with Gasteiger partial charge in [0.2, 0.25) is 0 Å². The van der Waals surface area contributed by atoms with Crippen LogP contribution in [0.2, 0.25) is 0 Å². The maximum atomic E-state index is 11.4. The highest BCUT2D eigenvalue weighted by Gasteiger charge is 2.15. The van der Waals surface area contributed by atoms with E-state index in [1.165, 1.54) is 0 Å². The van der Waals surface area contributed by atoms with Crippen LogP contribution in [-0.4, -0.2) is 24.8 Å². The quantitative estimate of drug-likeness (QED) is 0.572. The normalized spacial score (nSPS) is 11.0. The van der Waals surface area contributed by atoms with Crippen LogP contribution < -0.4 is 16.4 Å². The van der Waals surface area contributed by atoms with E-state index in [1.807, 2.05) is 45.9 Å². The molecule has 0 atom stereocenters. The Morgan fingerprint density at radius 1 is 1.30 bits per heavy atom. The molecule has 0 heterocycles. The molecule has 0 aliphatic carbocycles. The molecule has 0 radical (unpaired) electrons. The number of hydrogen-bond donors (Lipinski definition) is 3. The Balaban J connectivity index is 2.19. The van der Waals surface area contributed by atoms with Gasteiger partial charge in [-0.2, -0.15) is 0 Å². The number of hydrogen-bond acceptors (Lipinski definition) is 4. The number of nitrogens with two attached hydrogens (primary N) is 1. The fourth-order valence-electron chi connectivity index (χ4n) is 1.61. The van der Waals surface area contributed by atoms with Crippen LogP contribution in [-0.2, 0) is 4.74 Å². The molecule has 112 valence electrons. The van der Waals surface area contributed by atoms with E-state index in [0.29, 0.717) is 6.54 Å². The number of nitrogen functional groups attached to an aromatic ring is 1. The molecule has 5 nitrogen and oxygen atoms in total. The van der Waals surface area contributed by atoms with Gasteiger partial charge >= 0.3 is 6.09 Å². The second kappa shape index (κ2) is 7.03. The van der Waals surface area contributed by atoms with Crippen molar-refractivity contribution in [3.8, 4) is 0 Å². The Morgan fingerprint density at radius 3 is 2.60 bits per heavy atom. The van der Waals surface area contributed by atoms with Crippen molar-refractivity contribution in [2.75, 3.05) is 24.1 Å². The van der Waals surface area contributed by atoms with Crippen molar-refractivity contribution in [2.24, 2.45) is 0 Å². The molecular weight excluding hydrogens is 254 g/mol. The van der Waals surface area contributed by atoms with Crippen LogP contribution in [0.15, 0.2) is 18.2 Å². The zero-order valence-corrected chi connectivity index (χ0v) is 12.7. The number of aryl methyl sites for hydroxylation is 1. The first-order chi connectivity index (χ1) is 9.28. The van der Waals surface area contributed by atoms with Crippen molar-refractivity contribution in [3.63, 3.8) is 0 Å². The second-order valence-corrected chi connectivity index (χ2v) is 5.78. The summed E-state index contributed by atoms with van der Waals surface area (Å²) >= 11 is 0. The molecule has 0 aliphatic heterocycles. The molecule has 0 fully saturated rings. The lowest BCUT2D eigenvalue weighted by atomic mass is 10.2. The molecule has 0 spiro atoms. The predicted octanol–water partition coefficient (Wildman–Crippen LogP) is 2.90. The lowest BCUT2D eigenvalue weighted by Crippen LogP contribution is -2.33. The molecule has 1 rings (SSSR count). The second-order valence-electron chi connectivity index (χ2n) is 5.78. The van der Waals surface area contributed by atoms with Crippen molar-refractivity contribution in [1.29, 1.82) is 0 Å². The average Bonchev–Trinajstić information content (AvgIpc) is 2.31. The zero-order chi connectivity index (χ0) is 15.2. The van der Waals surface area contributed by atoms with Gasteiger partial charge in [-0.05, 0) is 57.9 Å². The minimum atomic E-state index is -0.455. The summed E-state index contributed by atoms with van der Waals surface area (Å²) in [6.07, 6.45) is 0.448. The van der Waals surface area contributed by atoms with Crippen LogP contribution in [0.25, 0.3) is 0 Å². The first kappa shape index (κ1) is 16.1. The first-order valence-electron chi connectivity index (χ1n) is 6.85. The Bertz CT molecular complexity index is 453. The molecule has 1 aromatic rings. The van der Waals surface area contributed by atoms with Gasteiger partial charge in [-0.15, -0.1) is 0 Å². The van der Waals surface area contributed by atoms with Gasteiger partial charge < -0.3 is 21.1 Å². The largest absolute Gasteiger partial charge is 0.444 e. The van der Waals surface area contributed by atoms with E-state index >= 15 is 0 Å². The van der Waals surface area contributed by atoms with Gasteiger partial charge in [0.25, 0.3) is 0 Å². The van der Waals surface area contributed by atoms with E-state index in [0.717, 1.165) is 29.9 Å². The van der Waals surface area contributed by atoms with Crippen LogP contribution in [0, 0.1) is 6.92 Å². The smallest absolute Gasteiger partial charge is 0.407 e. The van der Waals surface area contributed by atoms with Crippen LogP contribution in [0.4, 0.5) is 16.2 Å². The number of anilines is 2. The number of nitrogens with one attached hydrogen (secondary N) is 2. The maximum absolute atomic E-state index is 11.4. The minimum absolute atomic E-state index is 0.374. The minimum Gasteiger partial charge on any atom is -0.444 e. The number of benzene rings is 1. The third-order valence-corrected chi connectivity index (χ3v) is 2.62. The van der Waals surface area contributed by atoms with Gasteiger partial charge in [0.05, 0.1) is 0 Å². The summed E-state index contributed by atoms with van der Waals surface area (Å²) in [7, 11) is 0. The van der Waals surface area contributed by atoms with Crippen molar-refractivity contribution in [2.45, 2.75) is 39.7 Å². The van der Waals surface area contributed by atoms with Crippen LogP contribution in [0.3, 0.4) is 0 Å². The van der Waals surface area contributed by atoms with Gasteiger partial charge in [0, 0.05) is 24.5 Å². The Kier molecular flexibility index (Phi) is 5.67. The first-order valence-corrected chi connectivity index (χ1v) is 6.85. The van der Waals surface area contributed by atoms with Gasteiger partial charge in [0.15, 0.2) is 0 Å². The van der Waals surface area contributed by atoms with E-state index in [2.05, 4.69) is 10.6 Å². The zero-order valence-electron chi connectivity index (χ0n) is 12.7. The highest BCUT2D eigenvalue weighted by Crippen LogP contribution is 2.16. The van der Waals surface area contributed by atoms with Crippen molar-refractivity contribution in [1.82, 2.24) is 5.32 Å². The molecule has 1 aromatic carbocycles. The molecule has 0 aliphatic rings. The molecule has 0 saturated heterocycles. The highest BCUT2D eigenvalue weighted by molar-refractivity contribution is 5.67. The highest BCUT2D eigenvalue weighted by atomic mass is 16.6. The standard InChI is InChI=1S/C15H25N3O2/c1-11-10-12(6-7-13(11)16)17-8-5-9-18-14(19)20-15(2,3)4/h6-7,10,17H,5,8-9,16H2,1-4H3,(H,18,19). The molecule has 1 amide bonds. The summed E-state index contributed by atoms with van der Waals surface area (Å²) in [5, 5.41) is 6.01. The third kappa shape index (κ3) is 6.31. The summed E-state index contributed by atoms with van der Waals surface area (Å²) in [5.41, 5.74) is 8.19. The van der Waals surface area contributed by atoms with Gasteiger partial charge in [-0.1, -0.05) is 0 Å². The SMILES string of the molecule is Cc1cc(NCCCNC(=O)OC(C)(C)C)ccc1N. The average molecular weight is 279 g/mol. The molecule has 20 heavy (non-hydrogen) atoms. The monoisotopic (exact) mass is 279 g/mol. The predicted molar refractivity (Wildman–Crippen MR) is 82.9 cm³/mol. The van der Waals surface area contributed by atoms with Crippen LogP contribution in [0.1, 0.15) is 32.8 Å². The van der Waals surface area contributed by atoms with Crippen molar-refractivity contribution in [3.05, 3.63) is 23.8 Å². The molecule has 4 N–H and O–H groups in total. The number of amides is 1. The number of carbonyl (C=O) groups excluding carboxylic acids is 1. The van der Waals surface area contributed by atoms with Gasteiger partial charge in [-0.25, -0.2) is 4.79 Å². The van der Waals surface area contributed by atoms with E-state index in [4.69, 9.17) is 10.5 Å². The van der Waals surface area contributed by atoms with Crippen molar-refractivity contribution >= 4 is 17.5 Å². The molecule has 0 aromatic heterocycles. The Hall–Kier alpha value is -1.91. The summed E-state index contributed by atoms with van der Waals surface area (Å²) < 4.78 is 5.15. The third-order valence-electron chi connectivity index (χ3n) is 2.62. The van der Waals surface area contributed by atoms with Crippen molar-refractivity contribution < 1.29 is 9.53 Å². The number of rotatable bonds is 5. The van der Waals surface area contributed by atoms with E-state index in [-0.39, 0.29) is 6.09 Å². The summed E-state index contributed by atoms with van der Waals surface area (Å²) in [6, 6.07) is 5.84.